The third-order valence-corrected chi connectivity index (χ3v) is 5.64. The van der Waals surface area contributed by atoms with Gasteiger partial charge in [-0.15, -0.1) is 0 Å². The van der Waals surface area contributed by atoms with Gasteiger partial charge in [0.2, 0.25) is 0 Å². The maximum atomic E-state index is 12.4. The minimum Gasteiger partial charge on any atom is -0.368 e. The topological polar surface area (TPSA) is 63.4 Å². The van der Waals surface area contributed by atoms with Crippen LogP contribution in [0.25, 0.3) is 0 Å². The van der Waals surface area contributed by atoms with Crippen LogP contribution in [0.4, 0.5) is 5.69 Å². The molecule has 1 unspecified atom stereocenters. The molecule has 0 aliphatic carbocycles. The summed E-state index contributed by atoms with van der Waals surface area (Å²) >= 11 is 0. The van der Waals surface area contributed by atoms with E-state index in [2.05, 4.69) is 4.90 Å². The summed E-state index contributed by atoms with van der Waals surface area (Å²) in [6.07, 6.45) is 0.828. The Hall–Kier alpha value is -1.07. The molecule has 1 heterocycles. The first-order chi connectivity index (χ1) is 8.52. The fourth-order valence-electron chi connectivity index (χ4n) is 2.52. The summed E-state index contributed by atoms with van der Waals surface area (Å²) < 4.78 is 24.7. The van der Waals surface area contributed by atoms with Crippen LogP contribution >= 0.6 is 0 Å². The Balaban J connectivity index is 2.64. The molecular weight excluding hydrogens is 248 g/mol. The third kappa shape index (κ3) is 2.01. The molecule has 5 heteroatoms. The first-order valence-electron chi connectivity index (χ1n) is 6.33. The first-order valence-corrected chi connectivity index (χ1v) is 7.87. The number of nitrogens with zero attached hydrogens (tertiary/aromatic N) is 1. The molecule has 100 valence electrons. The van der Waals surface area contributed by atoms with Crippen LogP contribution in [0.2, 0.25) is 0 Å². The van der Waals surface area contributed by atoms with E-state index in [-0.39, 0.29) is 5.25 Å². The molecule has 1 atom stereocenters. The summed E-state index contributed by atoms with van der Waals surface area (Å²) in [5.41, 5.74) is 7.57. The van der Waals surface area contributed by atoms with Crippen LogP contribution in [-0.2, 0) is 16.3 Å². The van der Waals surface area contributed by atoms with E-state index in [0.29, 0.717) is 24.5 Å². The van der Waals surface area contributed by atoms with Crippen LogP contribution < -0.4 is 10.6 Å². The molecular formula is C13H20N2O2S. The molecule has 0 saturated heterocycles. The standard InChI is InChI=1S/C13H20N2O2S/c1-3-11-5-4-6-12-13(11)15(8-7-14)9-10(2)18(12,16)17/h4-6,10H,3,7-9,14H2,1-2H3. The van der Waals surface area contributed by atoms with Crippen molar-refractivity contribution in [2.24, 2.45) is 5.73 Å². The molecule has 0 saturated carbocycles. The fourth-order valence-corrected chi connectivity index (χ4v) is 4.12. The maximum absolute atomic E-state index is 12.4. The SMILES string of the molecule is CCc1cccc2c1N(CCN)CC(C)S2(=O)=O. The zero-order valence-electron chi connectivity index (χ0n) is 10.9. The van der Waals surface area contributed by atoms with E-state index >= 15 is 0 Å². The number of rotatable bonds is 3. The van der Waals surface area contributed by atoms with Crippen molar-refractivity contribution in [1.82, 2.24) is 0 Å². The van der Waals surface area contributed by atoms with Crippen molar-refractivity contribution in [1.29, 1.82) is 0 Å². The molecule has 1 aromatic rings. The van der Waals surface area contributed by atoms with Crippen molar-refractivity contribution >= 4 is 15.5 Å². The van der Waals surface area contributed by atoms with E-state index < -0.39 is 9.84 Å². The molecule has 0 bridgehead atoms. The second kappa shape index (κ2) is 4.90. The molecule has 1 aliphatic heterocycles. The molecule has 0 spiro atoms. The first kappa shape index (κ1) is 13.4. The highest BCUT2D eigenvalue weighted by atomic mass is 32.2. The monoisotopic (exact) mass is 268 g/mol. The largest absolute Gasteiger partial charge is 0.368 e. The van der Waals surface area contributed by atoms with Gasteiger partial charge in [0.1, 0.15) is 0 Å². The number of anilines is 1. The van der Waals surface area contributed by atoms with Crippen molar-refractivity contribution in [2.75, 3.05) is 24.5 Å². The quantitative estimate of drug-likeness (QED) is 0.894. The van der Waals surface area contributed by atoms with Crippen molar-refractivity contribution < 1.29 is 8.42 Å². The molecule has 1 aliphatic rings. The lowest BCUT2D eigenvalue weighted by Crippen LogP contribution is -2.43. The van der Waals surface area contributed by atoms with Gasteiger partial charge in [-0.25, -0.2) is 8.42 Å². The lowest BCUT2D eigenvalue weighted by Gasteiger charge is -2.35. The van der Waals surface area contributed by atoms with Gasteiger partial charge in [-0.2, -0.15) is 0 Å². The average molecular weight is 268 g/mol. The highest BCUT2D eigenvalue weighted by Crippen LogP contribution is 2.36. The van der Waals surface area contributed by atoms with Crippen LogP contribution in [0.1, 0.15) is 19.4 Å². The van der Waals surface area contributed by atoms with Gasteiger partial charge in [-0.05, 0) is 25.0 Å². The van der Waals surface area contributed by atoms with E-state index in [1.54, 1.807) is 13.0 Å². The van der Waals surface area contributed by atoms with Crippen LogP contribution in [0.5, 0.6) is 0 Å². The summed E-state index contributed by atoms with van der Waals surface area (Å²) in [6.45, 7) is 5.57. The second-order valence-electron chi connectivity index (χ2n) is 4.71. The average Bonchev–Trinajstić information content (AvgIpc) is 2.35. The van der Waals surface area contributed by atoms with Gasteiger partial charge in [0.25, 0.3) is 0 Å². The Morgan fingerprint density at radius 3 is 2.78 bits per heavy atom. The molecule has 0 fully saturated rings. The van der Waals surface area contributed by atoms with E-state index in [1.165, 1.54) is 0 Å². The summed E-state index contributed by atoms with van der Waals surface area (Å²) in [5, 5.41) is -0.372. The van der Waals surface area contributed by atoms with Gasteiger partial charge in [0.05, 0.1) is 15.8 Å². The van der Waals surface area contributed by atoms with Gasteiger partial charge in [0, 0.05) is 19.6 Å². The molecule has 1 aromatic carbocycles. The normalized spacial score (nSPS) is 21.7. The van der Waals surface area contributed by atoms with Gasteiger partial charge in [0.15, 0.2) is 9.84 Å². The summed E-state index contributed by atoms with van der Waals surface area (Å²) in [4.78, 5) is 2.58. The smallest absolute Gasteiger partial charge is 0.184 e. The van der Waals surface area contributed by atoms with Gasteiger partial charge >= 0.3 is 0 Å². The zero-order chi connectivity index (χ0) is 13.3. The molecule has 18 heavy (non-hydrogen) atoms. The van der Waals surface area contributed by atoms with Gasteiger partial charge in [-0.1, -0.05) is 19.1 Å². The van der Waals surface area contributed by atoms with Crippen molar-refractivity contribution in [3.8, 4) is 0 Å². The van der Waals surface area contributed by atoms with E-state index in [1.807, 2.05) is 19.1 Å². The fraction of sp³-hybridized carbons (Fsp3) is 0.538. The maximum Gasteiger partial charge on any atom is 0.184 e. The zero-order valence-corrected chi connectivity index (χ0v) is 11.7. The summed E-state index contributed by atoms with van der Waals surface area (Å²) in [7, 11) is -3.19. The van der Waals surface area contributed by atoms with Gasteiger partial charge in [-0.3, -0.25) is 0 Å². The number of hydrogen-bond acceptors (Lipinski definition) is 4. The van der Waals surface area contributed by atoms with Crippen molar-refractivity contribution in [2.45, 2.75) is 30.4 Å². The number of aryl methyl sites for hydroxylation is 1. The predicted molar refractivity (Wildman–Crippen MR) is 73.7 cm³/mol. The minimum atomic E-state index is -3.19. The minimum absolute atomic E-state index is 0.372. The van der Waals surface area contributed by atoms with E-state index in [0.717, 1.165) is 17.7 Å². The Labute approximate surface area is 109 Å². The highest BCUT2D eigenvalue weighted by Gasteiger charge is 2.35. The van der Waals surface area contributed by atoms with E-state index in [4.69, 9.17) is 5.73 Å². The Morgan fingerprint density at radius 1 is 1.44 bits per heavy atom. The number of sulfone groups is 1. The lowest BCUT2D eigenvalue weighted by molar-refractivity contribution is 0.572. The lowest BCUT2D eigenvalue weighted by atomic mass is 10.1. The molecule has 0 aromatic heterocycles. The van der Waals surface area contributed by atoms with Crippen LogP contribution in [-0.4, -0.2) is 33.3 Å². The highest BCUT2D eigenvalue weighted by molar-refractivity contribution is 7.92. The number of para-hydroxylation sites is 1. The molecule has 0 amide bonds. The van der Waals surface area contributed by atoms with Gasteiger partial charge < -0.3 is 10.6 Å². The van der Waals surface area contributed by atoms with Crippen LogP contribution in [0.3, 0.4) is 0 Å². The number of hydrogen-bond donors (Lipinski definition) is 1. The third-order valence-electron chi connectivity index (χ3n) is 3.49. The number of benzene rings is 1. The number of fused-ring (bicyclic) bond motifs is 1. The van der Waals surface area contributed by atoms with E-state index in [9.17, 15) is 8.42 Å². The Kier molecular flexibility index (Phi) is 3.64. The summed E-state index contributed by atoms with van der Waals surface area (Å²) in [6, 6.07) is 5.53. The Morgan fingerprint density at radius 2 is 2.17 bits per heavy atom. The van der Waals surface area contributed by atoms with Crippen LogP contribution in [0.15, 0.2) is 23.1 Å². The molecule has 4 nitrogen and oxygen atoms in total. The number of nitrogens with two attached hydrogens (primary N) is 1. The van der Waals surface area contributed by atoms with Crippen molar-refractivity contribution in [3.05, 3.63) is 23.8 Å². The van der Waals surface area contributed by atoms with Crippen molar-refractivity contribution in [3.63, 3.8) is 0 Å². The second-order valence-corrected chi connectivity index (χ2v) is 7.04. The molecule has 2 N–H and O–H groups in total. The summed E-state index contributed by atoms with van der Waals surface area (Å²) in [5.74, 6) is 0. The molecule has 0 radical (unpaired) electrons. The Bertz CT molecular complexity index is 540. The van der Waals surface area contributed by atoms with Crippen LogP contribution in [0, 0.1) is 0 Å². The molecule has 2 rings (SSSR count). The predicted octanol–water partition coefficient (Wildman–Crippen LogP) is 1.19.